The van der Waals surface area contributed by atoms with Crippen LogP contribution in [0.1, 0.15) is 69.0 Å². The van der Waals surface area contributed by atoms with E-state index in [0.717, 1.165) is 0 Å². The Labute approximate surface area is 304 Å². The molecule has 0 spiro atoms. The van der Waals surface area contributed by atoms with Gasteiger partial charge in [-0.15, -0.1) is 0 Å². The molecule has 0 radical (unpaired) electrons. The lowest BCUT2D eigenvalue weighted by atomic mass is 9.93. The van der Waals surface area contributed by atoms with Gasteiger partial charge in [-0.05, 0) is 94.8 Å². The number of likely N-dealkylation sites (N-methyl/N-ethyl adjacent to an activating group) is 1. The lowest BCUT2D eigenvalue weighted by Crippen LogP contribution is -2.28. The van der Waals surface area contributed by atoms with Crippen molar-refractivity contribution in [3.8, 4) is 0 Å². The number of carbonyl (C=O) groups is 2. The van der Waals surface area contributed by atoms with E-state index in [1.807, 2.05) is 0 Å². The predicted molar refractivity (Wildman–Crippen MR) is 195 cm³/mol. The van der Waals surface area contributed by atoms with Gasteiger partial charge in [0.05, 0.1) is 65.1 Å². The monoisotopic (exact) mass is 792 g/mol. The molecule has 18 heteroatoms. The number of aryl methyl sites for hydroxylation is 4. The van der Waals surface area contributed by atoms with E-state index in [1.165, 1.54) is 24.9 Å². The van der Waals surface area contributed by atoms with E-state index in [-0.39, 0.29) is 48.0 Å². The number of hydrogen-bond acceptors (Lipinski definition) is 12. The van der Waals surface area contributed by atoms with Crippen molar-refractivity contribution >= 4 is 62.3 Å². The zero-order valence-corrected chi connectivity index (χ0v) is 33.8. The zero-order chi connectivity index (χ0) is 39.2. The molecule has 280 valence electrons. The number of allylic oxidation sites excluding steroid dienone is 1. The number of amides is 1. The summed E-state index contributed by atoms with van der Waals surface area (Å²) < 4.78 is 102. The summed E-state index contributed by atoms with van der Waals surface area (Å²) in [6.45, 7) is 13.1. The van der Waals surface area contributed by atoms with Gasteiger partial charge in [-0.2, -0.15) is 10.2 Å². The van der Waals surface area contributed by atoms with E-state index in [9.17, 15) is 43.3 Å². The van der Waals surface area contributed by atoms with Gasteiger partial charge in [0.1, 0.15) is 0 Å². The molecule has 3 aromatic rings. The van der Waals surface area contributed by atoms with Gasteiger partial charge in [0.15, 0.2) is 45.1 Å². The van der Waals surface area contributed by atoms with Gasteiger partial charge >= 0.3 is 0 Å². The molecular weight excluding hydrogens is 753 g/mol. The summed E-state index contributed by atoms with van der Waals surface area (Å²) in [6.07, 6.45) is 0. The van der Waals surface area contributed by atoms with Crippen LogP contribution in [-0.4, -0.2) is 95.9 Å². The molecule has 1 amide bonds. The minimum absolute atomic E-state index is 0.108. The van der Waals surface area contributed by atoms with Crippen molar-refractivity contribution in [2.45, 2.75) is 75.0 Å². The van der Waals surface area contributed by atoms with Gasteiger partial charge in [0.25, 0.3) is 5.91 Å². The van der Waals surface area contributed by atoms with Crippen LogP contribution in [0.2, 0.25) is 0 Å². The lowest BCUT2D eigenvalue weighted by molar-refractivity contribution is -0.124. The van der Waals surface area contributed by atoms with Crippen molar-refractivity contribution in [1.29, 1.82) is 0 Å². The predicted octanol–water partition coefficient (Wildman–Crippen LogP) is 2.93. The molecule has 0 fully saturated rings. The van der Waals surface area contributed by atoms with E-state index < -0.39 is 62.4 Å². The van der Waals surface area contributed by atoms with Crippen molar-refractivity contribution in [3.05, 3.63) is 68.0 Å². The number of ketones is 1. The molecule has 0 saturated heterocycles. The van der Waals surface area contributed by atoms with Gasteiger partial charge < -0.3 is 0 Å². The number of carbonyl (C=O) groups excluding carboxylic acids is 2. The number of hydrogen-bond donors (Lipinski definition) is 0. The SMILES string of the molecule is CC1=NN(C)C(=O)/C1=C(/C)c1cc(C)c2c(c1C)S(=O)(=O)CCS2(=O)=O.Cc1cc(C(=O)c2c(C)nn(C)c2C)c(C)c2c1S(=O)(=O)CCS2(=O)=O. The molecule has 0 aliphatic carbocycles. The zero-order valence-electron chi connectivity index (χ0n) is 30.5. The van der Waals surface area contributed by atoms with E-state index >= 15 is 0 Å². The number of nitrogens with zero attached hydrogens (tertiary/aromatic N) is 4. The topological polar surface area (TPSA) is 204 Å². The maximum absolute atomic E-state index is 13.1. The second-order valence-corrected chi connectivity index (χ2v) is 21.5. The van der Waals surface area contributed by atoms with Crippen LogP contribution in [-0.2, 0) is 51.2 Å². The van der Waals surface area contributed by atoms with Gasteiger partial charge in [-0.3, -0.25) is 14.3 Å². The Morgan fingerprint density at radius 1 is 0.654 bits per heavy atom. The third-order valence-corrected chi connectivity index (χ3v) is 18.1. The highest BCUT2D eigenvalue weighted by molar-refractivity contribution is 7.98. The Bertz CT molecular complexity index is 2670. The molecule has 52 heavy (non-hydrogen) atoms. The normalized spacial score (nSPS) is 20.3. The fraction of sp³-hybridized carbons (Fsp3) is 0.412. The Hall–Kier alpha value is -4.00. The first-order chi connectivity index (χ1) is 23.8. The largest absolute Gasteiger partial charge is 0.288 e. The standard InChI is InChI=1S/2C17H20N2O5S2/c1-9-8-13(15(20)14-11(3)18-19(5)12(14)4)10(2)17-16(9)25(21,22)6-7-26(17,23)24;1-9-8-13(10(2)14-12(4)18-19(5)17(14)20)11(3)16-15(9)25(21,22)6-7-26(16,23)24/h2*8H,6-7H2,1-5H3/b;14-10-. The molecule has 3 aliphatic heterocycles. The van der Waals surface area contributed by atoms with Crippen LogP contribution < -0.4 is 0 Å². The number of fused-ring (bicyclic) bond motifs is 2. The Morgan fingerprint density at radius 2 is 1.06 bits per heavy atom. The first kappa shape index (κ1) is 39.2. The number of sulfone groups is 4. The van der Waals surface area contributed by atoms with Gasteiger partial charge in [-0.1, -0.05) is 6.07 Å². The van der Waals surface area contributed by atoms with Crippen LogP contribution in [0.5, 0.6) is 0 Å². The van der Waals surface area contributed by atoms with Crippen molar-refractivity contribution < 1.29 is 43.3 Å². The molecule has 2 aromatic carbocycles. The number of aromatic nitrogens is 2. The smallest absolute Gasteiger partial charge is 0.275 e. The molecule has 14 nitrogen and oxygen atoms in total. The first-order valence-electron chi connectivity index (χ1n) is 16.1. The molecule has 4 heterocycles. The third kappa shape index (κ3) is 6.26. The highest BCUT2D eigenvalue weighted by Crippen LogP contribution is 2.39. The lowest BCUT2D eigenvalue weighted by Gasteiger charge is -2.23. The second kappa shape index (κ2) is 12.8. The molecule has 0 atom stereocenters. The molecule has 0 bridgehead atoms. The number of rotatable bonds is 3. The van der Waals surface area contributed by atoms with Crippen molar-refractivity contribution in [1.82, 2.24) is 14.8 Å². The Balaban J connectivity index is 0.000000201. The van der Waals surface area contributed by atoms with Gasteiger partial charge in [0.2, 0.25) is 0 Å². The molecule has 0 saturated carbocycles. The maximum atomic E-state index is 13.1. The van der Waals surface area contributed by atoms with Crippen molar-refractivity contribution in [2.75, 3.05) is 30.1 Å². The van der Waals surface area contributed by atoms with E-state index in [0.29, 0.717) is 50.5 Å². The summed E-state index contributed by atoms with van der Waals surface area (Å²) >= 11 is 0. The summed E-state index contributed by atoms with van der Waals surface area (Å²) in [7, 11) is -11.6. The Morgan fingerprint density at radius 3 is 1.44 bits per heavy atom. The third-order valence-electron chi connectivity index (χ3n) is 9.75. The average molecular weight is 793 g/mol. The summed E-state index contributed by atoms with van der Waals surface area (Å²) in [5.41, 5.74) is 5.08. The van der Waals surface area contributed by atoms with Crippen LogP contribution in [0.25, 0.3) is 5.57 Å². The van der Waals surface area contributed by atoms with Crippen LogP contribution in [0.4, 0.5) is 0 Å². The molecule has 0 unspecified atom stereocenters. The summed E-state index contributed by atoms with van der Waals surface area (Å²) in [4.78, 5) is 24.9. The van der Waals surface area contributed by atoms with Crippen molar-refractivity contribution in [3.63, 3.8) is 0 Å². The van der Waals surface area contributed by atoms with E-state index in [4.69, 9.17) is 0 Å². The molecule has 6 rings (SSSR count). The Kier molecular flexibility index (Phi) is 9.68. The van der Waals surface area contributed by atoms with Gasteiger partial charge in [-0.25, -0.2) is 38.7 Å². The number of hydrazone groups is 1. The van der Waals surface area contributed by atoms with E-state index in [2.05, 4.69) is 10.2 Å². The van der Waals surface area contributed by atoms with Crippen molar-refractivity contribution in [2.24, 2.45) is 12.1 Å². The molecular formula is C34H40N4O10S4. The minimum atomic E-state index is -3.77. The second-order valence-electron chi connectivity index (χ2n) is 13.3. The highest BCUT2D eigenvalue weighted by Gasteiger charge is 2.40. The van der Waals surface area contributed by atoms with E-state index in [1.54, 1.807) is 66.4 Å². The summed E-state index contributed by atoms with van der Waals surface area (Å²) in [5, 5.41) is 9.58. The summed E-state index contributed by atoms with van der Waals surface area (Å²) in [5.74, 6) is -2.36. The van der Waals surface area contributed by atoms with Gasteiger partial charge in [0, 0.05) is 25.4 Å². The van der Waals surface area contributed by atoms with Crippen LogP contribution in [0.15, 0.2) is 42.4 Å². The van der Waals surface area contributed by atoms with Crippen LogP contribution in [0, 0.1) is 41.5 Å². The fourth-order valence-corrected chi connectivity index (χ4v) is 17.0. The molecule has 1 aromatic heterocycles. The number of benzene rings is 2. The fourth-order valence-electron chi connectivity index (χ4n) is 7.16. The molecule has 0 N–H and O–H groups in total. The quantitative estimate of drug-likeness (QED) is 0.279. The van der Waals surface area contributed by atoms with Crippen LogP contribution in [0.3, 0.4) is 0 Å². The average Bonchev–Trinajstić information content (AvgIpc) is 3.44. The maximum Gasteiger partial charge on any atom is 0.275 e. The summed E-state index contributed by atoms with van der Waals surface area (Å²) in [6, 6.07) is 3.12. The molecule has 3 aliphatic rings. The first-order valence-corrected chi connectivity index (χ1v) is 22.7. The highest BCUT2D eigenvalue weighted by atomic mass is 32.2. The van der Waals surface area contributed by atoms with Crippen LogP contribution >= 0.6 is 0 Å². The minimum Gasteiger partial charge on any atom is -0.288 e.